The van der Waals surface area contributed by atoms with E-state index in [-0.39, 0.29) is 29.7 Å². The van der Waals surface area contributed by atoms with E-state index < -0.39 is 0 Å². The molecule has 1 atom stereocenters. The molecule has 0 aromatic heterocycles. The quantitative estimate of drug-likeness (QED) is 0.221. The van der Waals surface area contributed by atoms with E-state index in [1.807, 2.05) is 13.0 Å². The molecule has 0 aliphatic carbocycles. The summed E-state index contributed by atoms with van der Waals surface area (Å²) in [4.78, 5) is 7.02. The molecule has 0 saturated heterocycles. The SMILES string of the molecule is CCNC(=NCc1cc(OC)c(O)c(OC)c1)NCCC(C)N(C)Cc1ccccc1.I. The molecule has 8 heteroatoms. The van der Waals surface area contributed by atoms with Gasteiger partial charge >= 0.3 is 0 Å². The van der Waals surface area contributed by atoms with Crippen molar-refractivity contribution in [2.75, 3.05) is 34.4 Å². The van der Waals surface area contributed by atoms with Crippen LogP contribution in [-0.2, 0) is 13.1 Å². The van der Waals surface area contributed by atoms with Crippen LogP contribution in [0.25, 0.3) is 0 Å². The second kappa shape index (κ2) is 14.8. The maximum Gasteiger partial charge on any atom is 0.200 e. The highest BCUT2D eigenvalue weighted by atomic mass is 127. The van der Waals surface area contributed by atoms with Gasteiger partial charge in [-0.3, -0.25) is 4.90 Å². The highest BCUT2D eigenvalue weighted by Crippen LogP contribution is 2.37. The number of aromatic hydroxyl groups is 1. The fourth-order valence-corrected chi connectivity index (χ4v) is 3.20. The van der Waals surface area contributed by atoms with Gasteiger partial charge in [0.05, 0.1) is 20.8 Å². The Morgan fingerprint density at radius 3 is 2.25 bits per heavy atom. The molecular weight excluding hydrogens is 519 g/mol. The number of benzene rings is 2. The van der Waals surface area contributed by atoms with E-state index in [1.165, 1.54) is 19.8 Å². The van der Waals surface area contributed by atoms with Gasteiger partial charge in [-0.1, -0.05) is 30.3 Å². The molecule has 0 fully saturated rings. The second-order valence-corrected chi connectivity index (χ2v) is 7.51. The lowest BCUT2D eigenvalue weighted by atomic mass is 10.1. The lowest BCUT2D eigenvalue weighted by Gasteiger charge is -2.25. The fourth-order valence-electron chi connectivity index (χ4n) is 3.20. The Labute approximate surface area is 209 Å². The predicted molar refractivity (Wildman–Crippen MR) is 141 cm³/mol. The highest BCUT2D eigenvalue weighted by Gasteiger charge is 2.12. The third kappa shape index (κ3) is 8.74. The van der Waals surface area contributed by atoms with E-state index in [9.17, 15) is 5.11 Å². The van der Waals surface area contributed by atoms with Gasteiger partial charge in [0.15, 0.2) is 17.5 Å². The van der Waals surface area contributed by atoms with Crippen molar-refractivity contribution in [1.82, 2.24) is 15.5 Å². The predicted octanol–water partition coefficient (Wildman–Crippen LogP) is 3.99. The van der Waals surface area contributed by atoms with Gasteiger partial charge in [-0.05, 0) is 50.6 Å². The second-order valence-electron chi connectivity index (χ2n) is 7.51. The first-order chi connectivity index (χ1) is 15.0. The molecule has 178 valence electrons. The summed E-state index contributed by atoms with van der Waals surface area (Å²) in [5.41, 5.74) is 2.21. The minimum atomic E-state index is -0.00336. The molecule has 2 aromatic rings. The van der Waals surface area contributed by atoms with Crippen molar-refractivity contribution in [3.05, 3.63) is 53.6 Å². The molecule has 0 radical (unpaired) electrons. The normalized spacial score (nSPS) is 12.1. The van der Waals surface area contributed by atoms with Crippen molar-refractivity contribution >= 4 is 29.9 Å². The Morgan fingerprint density at radius 1 is 1.06 bits per heavy atom. The summed E-state index contributed by atoms with van der Waals surface area (Å²) < 4.78 is 10.4. The van der Waals surface area contributed by atoms with E-state index in [1.54, 1.807) is 12.1 Å². The van der Waals surface area contributed by atoms with Gasteiger partial charge in [-0.15, -0.1) is 24.0 Å². The summed E-state index contributed by atoms with van der Waals surface area (Å²) in [6.45, 7) is 7.24. The zero-order chi connectivity index (χ0) is 22.6. The maximum atomic E-state index is 10.1. The van der Waals surface area contributed by atoms with Crippen LogP contribution in [-0.4, -0.2) is 56.4 Å². The van der Waals surface area contributed by atoms with Crippen LogP contribution in [0.1, 0.15) is 31.4 Å². The van der Waals surface area contributed by atoms with Crippen LogP contribution >= 0.6 is 24.0 Å². The monoisotopic (exact) mass is 556 g/mol. The molecule has 0 aliphatic rings. The maximum absolute atomic E-state index is 10.1. The molecule has 7 nitrogen and oxygen atoms in total. The van der Waals surface area contributed by atoms with Crippen LogP contribution < -0.4 is 20.1 Å². The molecule has 0 spiro atoms. The molecule has 3 N–H and O–H groups in total. The first-order valence-electron chi connectivity index (χ1n) is 10.7. The van der Waals surface area contributed by atoms with Crippen molar-refractivity contribution in [2.45, 2.75) is 39.4 Å². The molecule has 0 amide bonds. The van der Waals surface area contributed by atoms with Gasteiger partial charge in [0.25, 0.3) is 0 Å². The van der Waals surface area contributed by atoms with E-state index in [0.717, 1.165) is 37.6 Å². The van der Waals surface area contributed by atoms with Crippen LogP contribution in [0.15, 0.2) is 47.5 Å². The van der Waals surface area contributed by atoms with Crippen molar-refractivity contribution < 1.29 is 14.6 Å². The number of aliphatic imine (C=N–C) groups is 1. The number of rotatable bonds is 11. The van der Waals surface area contributed by atoms with E-state index in [2.05, 4.69) is 58.8 Å². The Morgan fingerprint density at radius 2 is 1.69 bits per heavy atom. The number of hydrogen-bond acceptors (Lipinski definition) is 5. The molecule has 2 aromatic carbocycles. The number of phenolic OH excluding ortho intramolecular Hbond substituents is 1. The number of phenols is 1. The third-order valence-corrected chi connectivity index (χ3v) is 5.19. The molecule has 1 unspecified atom stereocenters. The van der Waals surface area contributed by atoms with E-state index >= 15 is 0 Å². The highest BCUT2D eigenvalue weighted by molar-refractivity contribution is 14.0. The number of nitrogens with one attached hydrogen (secondary N) is 2. The van der Waals surface area contributed by atoms with Gasteiger partial charge in [0.1, 0.15) is 0 Å². The van der Waals surface area contributed by atoms with Gasteiger partial charge in [-0.25, -0.2) is 4.99 Å². The van der Waals surface area contributed by atoms with Crippen LogP contribution in [0.2, 0.25) is 0 Å². The lowest BCUT2D eigenvalue weighted by molar-refractivity contribution is 0.238. The number of guanidine groups is 1. The number of halogens is 1. The summed E-state index contributed by atoms with van der Waals surface area (Å²) in [5.74, 6) is 1.50. The first-order valence-corrected chi connectivity index (χ1v) is 10.7. The molecule has 0 heterocycles. The molecule has 32 heavy (non-hydrogen) atoms. The van der Waals surface area contributed by atoms with Gasteiger partial charge in [-0.2, -0.15) is 0 Å². The molecule has 0 saturated carbocycles. The van der Waals surface area contributed by atoms with Crippen molar-refractivity contribution in [3.63, 3.8) is 0 Å². The zero-order valence-electron chi connectivity index (χ0n) is 19.7. The average Bonchev–Trinajstić information content (AvgIpc) is 2.78. The van der Waals surface area contributed by atoms with E-state index in [0.29, 0.717) is 24.1 Å². The number of methoxy groups -OCH3 is 2. The number of nitrogens with zero attached hydrogens (tertiary/aromatic N) is 2. The summed E-state index contributed by atoms with van der Waals surface area (Å²) in [6.07, 6.45) is 0.995. The molecule has 0 aliphatic heterocycles. The van der Waals surface area contributed by atoms with Gasteiger partial charge < -0.3 is 25.2 Å². The Kier molecular flexibility index (Phi) is 12.9. The molecule has 2 rings (SSSR count). The summed E-state index contributed by atoms with van der Waals surface area (Å²) in [6, 6.07) is 14.5. The fraction of sp³-hybridized carbons (Fsp3) is 0.458. The van der Waals surface area contributed by atoms with Crippen LogP contribution in [0.3, 0.4) is 0 Å². The van der Waals surface area contributed by atoms with Crippen LogP contribution in [0.4, 0.5) is 0 Å². The van der Waals surface area contributed by atoms with Crippen LogP contribution in [0, 0.1) is 0 Å². The molecule has 0 bridgehead atoms. The minimum Gasteiger partial charge on any atom is -0.502 e. The smallest absolute Gasteiger partial charge is 0.200 e. The summed E-state index contributed by atoms with van der Waals surface area (Å²) >= 11 is 0. The molecular formula is C24H37IN4O3. The summed E-state index contributed by atoms with van der Waals surface area (Å²) in [5, 5.41) is 16.8. The largest absolute Gasteiger partial charge is 0.502 e. The Bertz CT molecular complexity index is 808. The van der Waals surface area contributed by atoms with Gasteiger partial charge in [0.2, 0.25) is 5.75 Å². The van der Waals surface area contributed by atoms with Crippen molar-refractivity contribution in [2.24, 2.45) is 4.99 Å². The lowest BCUT2D eigenvalue weighted by Crippen LogP contribution is -2.40. The zero-order valence-corrected chi connectivity index (χ0v) is 22.1. The van der Waals surface area contributed by atoms with Crippen molar-refractivity contribution in [3.8, 4) is 17.2 Å². The number of hydrogen-bond donors (Lipinski definition) is 3. The topological polar surface area (TPSA) is 78.4 Å². The van der Waals surface area contributed by atoms with Crippen molar-refractivity contribution in [1.29, 1.82) is 0 Å². The van der Waals surface area contributed by atoms with Crippen LogP contribution in [0.5, 0.6) is 17.2 Å². The number of ether oxygens (including phenoxy) is 2. The van der Waals surface area contributed by atoms with Gasteiger partial charge in [0, 0.05) is 25.7 Å². The third-order valence-electron chi connectivity index (χ3n) is 5.19. The minimum absolute atomic E-state index is 0. The van der Waals surface area contributed by atoms with E-state index in [4.69, 9.17) is 9.47 Å². The Balaban J connectivity index is 0.00000512. The Hall–Kier alpha value is -2.20. The first kappa shape index (κ1) is 27.8. The average molecular weight is 556 g/mol. The summed E-state index contributed by atoms with van der Waals surface area (Å²) in [7, 11) is 5.19. The standard InChI is InChI=1S/C24H36N4O3.HI/c1-6-25-24(27-16-20-14-21(30-4)23(29)22(15-20)31-5)26-13-12-18(2)28(3)17-19-10-8-7-9-11-19;/h7-11,14-15,18,29H,6,12-13,16-17H2,1-5H3,(H2,25,26,27);1H.